The number of amides is 1. The number of hydrogen-bond donors (Lipinski definition) is 1. The number of esters is 1. The van der Waals surface area contributed by atoms with Gasteiger partial charge in [0, 0.05) is 12.1 Å². The Kier molecular flexibility index (Phi) is 6.73. The minimum Gasteiger partial charge on any atom is -0.482 e. The van der Waals surface area contributed by atoms with Crippen molar-refractivity contribution >= 4 is 34.9 Å². The highest BCUT2D eigenvalue weighted by atomic mass is 35.5. The highest BCUT2D eigenvalue weighted by Gasteiger charge is 2.13. The Balaban J connectivity index is 1.81. The summed E-state index contributed by atoms with van der Waals surface area (Å²) in [6.07, 6.45) is 0. The molecule has 0 atom stereocenters. The molecule has 2 rings (SSSR count). The molecule has 0 saturated heterocycles. The molecule has 0 heterocycles. The number of carbonyl (C=O) groups excluding carboxylic acids is 2. The topological polar surface area (TPSA) is 108 Å². The van der Waals surface area contributed by atoms with Crippen molar-refractivity contribution in [3.8, 4) is 5.75 Å². The van der Waals surface area contributed by atoms with Gasteiger partial charge >= 0.3 is 5.97 Å². The molecule has 0 radical (unpaired) electrons. The second kappa shape index (κ2) is 9.00. The first-order valence-electron chi connectivity index (χ1n) is 7.85. The summed E-state index contributed by atoms with van der Waals surface area (Å²) in [5, 5.41) is 13.1. The zero-order valence-electron chi connectivity index (χ0n) is 14.7. The molecular weight excluding hydrogens is 376 g/mol. The summed E-state index contributed by atoms with van der Waals surface area (Å²) in [4.78, 5) is 33.6. The van der Waals surface area contributed by atoms with Gasteiger partial charge in [-0.15, -0.1) is 0 Å². The van der Waals surface area contributed by atoms with Crippen LogP contribution in [0.15, 0.2) is 36.4 Å². The Bertz CT molecular complexity index is 864. The number of hydrogen-bond acceptors (Lipinski definition) is 6. The molecule has 0 aliphatic carbocycles. The van der Waals surface area contributed by atoms with Crippen LogP contribution in [-0.4, -0.2) is 30.0 Å². The monoisotopic (exact) mass is 392 g/mol. The minimum absolute atomic E-state index is 0.00188. The van der Waals surface area contributed by atoms with Crippen LogP contribution in [-0.2, 0) is 14.3 Å². The Hall–Kier alpha value is -3.13. The molecule has 0 spiro atoms. The van der Waals surface area contributed by atoms with E-state index in [1.165, 1.54) is 12.1 Å². The molecular formula is C18H17ClN2O6. The van der Waals surface area contributed by atoms with Gasteiger partial charge in [-0.2, -0.15) is 0 Å². The molecule has 2 aromatic carbocycles. The number of rotatable bonds is 7. The predicted octanol–water partition coefficient (Wildman–Crippen LogP) is 3.43. The number of nitrogens with zero attached hydrogens (tertiary/aromatic N) is 1. The lowest BCUT2D eigenvalue weighted by atomic mass is 10.1. The maximum absolute atomic E-state index is 11.8. The molecule has 0 unspecified atom stereocenters. The van der Waals surface area contributed by atoms with Gasteiger partial charge < -0.3 is 14.8 Å². The third kappa shape index (κ3) is 6.27. The number of benzene rings is 2. The van der Waals surface area contributed by atoms with E-state index in [0.29, 0.717) is 5.75 Å². The van der Waals surface area contributed by atoms with Crippen molar-refractivity contribution in [3.63, 3.8) is 0 Å². The molecule has 0 aliphatic heterocycles. The number of anilines is 1. The fourth-order valence-electron chi connectivity index (χ4n) is 2.25. The van der Waals surface area contributed by atoms with Crippen LogP contribution in [0.4, 0.5) is 11.4 Å². The first-order chi connectivity index (χ1) is 12.7. The summed E-state index contributed by atoms with van der Waals surface area (Å²) in [5.41, 5.74) is 1.97. The van der Waals surface area contributed by atoms with E-state index in [-0.39, 0.29) is 23.0 Å². The number of nitro groups is 1. The molecule has 0 bridgehead atoms. The molecule has 0 saturated carbocycles. The van der Waals surface area contributed by atoms with E-state index in [2.05, 4.69) is 5.32 Å². The first-order valence-corrected chi connectivity index (χ1v) is 8.23. The minimum atomic E-state index is -0.709. The molecule has 8 nitrogen and oxygen atoms in total. The second-order valence-electron chi connectivity index (χ2n) is 5.74. The van der Waals surface area contributed by atoms with Crippen molar-refractivity contribution in [1.82, 2.24) is 0 Å². The zero-order valence-corrected chi connectivity index (χ0v) is 15.4. The van der Waals surface area contributed by atoms with Gasteiger partial charge in [-0.05, 0) is 43.2 Å². The third-order valence-electron chi connectivity index (χ3n) is 3.35. The van der Waals surface area contributed by atoms with E-state index in [0.717, 1.165) is 17.2 Å². The lowest BCUT2D eigenvalue weighted by Crippen LogP contribution is -2.23. The number of carbonyl (C=O) groups is 2. The number of nitro benzene ring substituents is 1. The van der Waals surface area contributed by atoms with Gasteiger partial charge in [0.15, 0.2) is 13.2 Å². The van der Waals surface area contributed by atoms with Crippen LogP contribution < -0.4 is 10.1 Å². The van der Waals surface area contributed by atoms with Crippen LogP contribution in [0, 0.1) is 24.0 Å². The van der Waals surface area contributed by atoms with Gasteiger partial charge in [0.25, 0.3) is 11.6 Å². The van der Waals surface area contributed by atoms with E-state index in [9.17, 15) is 19.7 Å². The van der Waals surface area contributed by atoms with Gasteiger partial charge in [-0.1, -0.05) is 17.7 Å². The SMILES string of the molecule is Cc1cc(C)cc(OCC(=O)OCC(=O)Nc2ccc([N+](=O)[O-])cc2Cl)c1. The van der Waals surface area contributed by atoms with Gasteiger partial charge in [0.05, 0.1) is 15.6 Å². The number of non-ortho nitro benzene ring substituents is 1. The molecule has 0 aliphatic rings. The predicted molar refractivity (Wildman–Crippen MR) is 99.1 cm³/mol. The Morgan fingerprint density at radius 1 is 1.11 bits per heavy atom. The smallest absolute Gasteiger partial charge is 0.344 e. The Morgan fingerprint density at radius 2 is 1.78 bits per heavy atom. The summed E-state index contributed by atoms with van der Waals surface area (Å²) in [6, 6.07) is 9.14. The highest BCUT2D eigenvalue weighted by Crippen LogP contribution is 2.26. The summed E-state index contributed by atoms with van der Waals surface area (Å²) in [6.45, 7) is 2.94. The number of halogens is 1. The standard InChI is InChI=1S/C18H17ClN2O6/c1-11-5-12(2)7-14(6-11)26-10-18(23)27-9-17(22)20-16-4-3-13(21(24)25)8-15(16)19/h3-8H,9-10H2,1-2H3,(H,20,22). The Morgan fingerprint density at radius 3 is 2.37 bits per heavy atom. The van der Waals surface area contributed by atoms with Gasteiger partial charge in [0.2, 0.25) is 0 Å². The summed E-state index contributed by atoms with van der Waals surface area (Å²) in [7, 11) is 0. The van der Waals surface area contributed by atoms with E-state index in [1.54, 1.807) is 12.1 Å². The molecule has 0 aromatic heterocycles. The maximum atomic E-state index is 11.8. The average Bonchev–Trinajstić information content (AvgIpc) is 2.59. The fourth-order valence-corrected chi connectivity index (χ4v) is 2.47. The van der Waals surface area contributed by atoms with Crippen LogP contribution in [0.5, 0.6) is 5.75 Å². The van der Waals surface area contributed by atoms with Crippen molar-refractivity contribution < 1.29 is 24.0 Å². The van der Waals surface area contributed by atoms with Crippen LogP contribution >= 0.6 is 11.6 Å². The molecule has 1 N–H and O–H groups in total. The largest absolute Gasteiger partial charge is 0.482 e. The van der Waals surface area contributed by atoms with E-state index in [4.69, 9.17) is 21.1 Å². The molecule has 142 valence electrons. The lowest BCUT2D eigenvalue weighted by Gasteiger charge is -2.09. The van der Waals surface area contributed by atoms with Crippen LogP contribution in [0.3, 0.4) is 0 Å². The van der Waals surface area contributed by atoms with Gasteiger partial charge in [0.1, 0.15) is 5.75 Å². The molecule has 2 aromatic rings. The molecule has 27 heavy (non-hydrogen) atoms. The zero-order chi connectivity index (χ0) is 20.0. The normalized spacial score (nSPS) is 10.2. The summed E-state index contributed by atoms with van der Waals surface area (Å²) < 4.78 is 10.2. The van der Waals surface area contributed by atoms with Crippen molar-refractivity contribution in [2.75, 3.05) is 18.5 Å². The van der Waals surface area contributed by atoms with Crippen LogP contribution in [0.2, 0.25) is 5.02 Å². The van der Waals surface area contributed by atoms with Gasteiger partial charge in [-0.3, -0.25) is 14.9 Å². The highest BCUT2D eigenvalue weighted by molar-refractivity contribution is 6.34. The molecule has 1 amide bonds. The van der Waals surface area contributed by atoms with Gasteiger partial charge in [-0.25, -0.2) is 4.79 Å². The van der Waals surface area contributed by atoms with E-state index < -0.39 is 23.4 Å². The summed E-state index contributed by atoms with van der Waals surface area (Å²) in [5.74, 6) is -0.809. The second-order valence-corrected chi connectivity index (χ2v) is 6.15. The first kappa shape index (κ1) is 20.2. The molecule has 0 fully saturated rings. The fraction of sp³-hybridized carbons (Fsp3) is 0.222. The quantitative estimate of drug-likeness (QED) is 0.439. The average molecular weight is 393 g/mol. The van der Waals surface area contributed by atoms with E-state index in [1.807, 2.05) is 19.9 Å². The van der Waals surface area contributed by atoms with Crippen molar-refractivity contribution in [1.29, 1.82) is 0 Å². The van der Waals surface area contributed by atoms with Crippen molar-refractivity contribution in [2.45, 2.75) is 13.8 Å². The van der Waals surface area contributed by atoms with Crippen LogP contribution in [0.1, 0.15) is 11.1 Å². The number of ether oxygens (including phenoxy) is 2. The van der Waals surface area contributed by atoms with Crippen molar-refractivity contribution in [3.05, 3.63) is 62.7 Å². The Labute approximate surface area is 160 Å². The number of aryl methyl sites for hydroxylation is 2. The van der Waals surface area contributed by atoms with E-state index >= 15 is 0 Å². The lowest BCUT2D eigenvalue weighted by molar-refractivity contribution is -0.384. The van der Waals surface area contributed by atoms with Crippen molar-refractivity contribution in [2.24, 2.45) is 0 Å². The summed E-state index contributed by atoms with van der Waals surface area (Å²) >= 11 is 5.88. The van der Waals surface area contributed by atoms with Crippen LogP contribution in [0.25, 0.3) is 0 Å². The third-order valence-corrected chi connectivity index (χ3v) is 3.67. The number of nitrogens with one attached hydrogen (secondary N) is 1. The molecule has 9 heteroatoms. The maximum Gasteiger partial charge on any atom is 0.344 e.